The molecule has 1 N–H and O–H groups in total. The number of carbonyl (C=O) groups is 2. The number of hydrogen-bond acceptors (Lipinski definition) is 4. The first-order valence-corrected chi connectivity index (χ1v) is 6.96. The molecule has 7 heteroatoms. The molecule has 2 fully saturated rings. The second-order valence-corrected chi connectivity index (χ2v) is 5.32. The van der Waals surface area contributed by atoms with Gasteiger partial charge in [-0.15, -0.1) is 0 Å². The number of amides is 2. The van der Waals surface area contributed by atoms with Crippen molar-refractivity contribution >= 4 is 23.4 Å². The lowest BCUT2D eigenvalue weighted by molar-refractivity contribution is -0.130. The summed E-state index contributed by atoms with van der Waals surface area (Å²) in [5.41, 5.74) is 0.276. The number of halogens is 1. The highest BCUT2D eigenvalue weighted by atomic mass is 35.5. The van der Waals surface area contributed by atoms with E-state index >= 15 is 0 Å². The minimum Gasteiger partial charge on any atom is -0.452 e. The second-order valence-electron chi connectivity index (χ2n) is 4.98. The third kappa shape index (κ3) is 2.66. The van der Waals surface area contributed by atoms with E-state index in [0.717, 1.165) is 12.8 Å². The van der Waals surface area contributed by atoms with Crippen LogP contribution in [-0.4, -0.2) is 48.6 Å². The maximum absolute atomic E-state index is 12.4. The fourth-order valence-corrected chi connectivity index (χ4v) is 2.39. The van der Waals surface area contributed by atoms with Crippen molar-refractivity contribution in [3.63, 3.8) is 0 Å². The van der Waals surface area contributed by atoms with Gasteiger partial charge in [-0.25, -0.2) is 0 Å². The summed E-state index contributed by atoms with van der Waals surface area (Å²) in [6, 6.07) is 1.15. The Hall–Kier alpha value is -1.53. The predicted octanol–water partition coefficient (Wildman–Crippen LogP) is 1.05. The van der Waals surface area contributed by atoms with Gasteiger partial charge in [-0.1, -0.05) is 0 Å². The van der Waals surface area contributed by atoms with Crippen LogP contribution in [-0.2, 0) is 9.53 Å². The first kappa shape index (κ1) is 13.5. The summed E-state index contributed by atoms with van der Waals surface area (Å²) in [7, 11) is 0. The third-order valence-corrected chi connectivity index (χ3v) is 3.76. The van der Waals surface area contributed by atoms with Crippen molar-refractivity contribution in [1.82, 2.24) is 10.2 Å². The van der Waals surface area contributed by atoms with Gasteiger partial charge in [0.05, 0.1) is 25.0 Å². The van der Waals surface area contributed by atoms with E-state index in [4.69, 9.17) is 20.8 Å². The van der Waals surface area contributed by atoms with Crippen LogP contribution in [0, 0.1) is 0 Å². The van der Waals surface area contributed by atoms with Gasteiger partial charge in [0.15, 0.2) is 0 Å². The van der Waals surface area contributed by atoms with Gasteiger partial charge in [0.2, 0.25) is 11.1 Å². The molecule has 1 aliphatic carbocycles. The SMILES string of the molecule is O=C(NC1CC1)C1COCCN1C(=O)c1ccoc1Cl. The number of furan rings is 1. The van der Waals surface area contributed by atoms with E-state index in [1.165, 1.54) is 17.2 Å². The van der Waals surface area contributed by atoms with Gasteiger partial charge in [0.1, 0.15) is 6.04 Å². The van der Waals surface area contributed by atoms with Crippen LogP contribution >= 0.6 is 11.6 Å². The van der Waals surface area contributed by atoms with E-state index in [9.17, 15) is 9.59 Å². The number of ether oxygens (including phenoxy) is 1. The van der Waals surface area contributed by atoms with E-state index < -0.39 is 6.04 Å². The fourth-order valence-electron chi connectivity index (χ4n) is 2.19. The van der Waals surface area contributed by atoms with Crippen LogP contribution in [0.15, 0.2) is 16.7 Å². The minimum atomic E-state index is -0.609. The van der Waals surface area contributed by atoms with E-state index in [2.05, 4.69) is 5.32 Å². The molecule has 2 aliphatic rings. The summed E-state index contributed by atoms with van der Waals surface area (Å²) < 4.78 is 10.3. The monoisotopic (exact) mass is 298 g/mol. The molecule has 108 valence electrons. The number of hydrogen-bond donors (Lipinski definition) is 1. The van der Waals surface area contributed by atoms with Crippen molar-refractivity contribution in [3.8, 4) is 0 Å². The first-order chi connectivity index (χ1) is 9.66. The lowest BCUT2D eigenvalue weighted by atomic mass is 10.1. The lowest BCUT2D eigenvalue weighted by Crippen LogP contribution is -2.56. The van der Waals surface area contributed by atoms with Gasteiger partial charge in [0, 0.05) is 12.6 Å². The van der Waals surface area contributed by atoms with Crippen molar-refractivity contribution in [3.05, 3.63) is 23.1 Å². The molecule has 0 bridgehead atoms. The molecule has 6 nitrogen and oxygen atoms in total. The highest BCUT2D eigenvalue weighted by Gasteiger charge is 2.36. The molecule has 1 atom stereocenters. The Labute approximate surface area is 121 Å². The Morgan fingerprint density at radius 3 is 2.85 bits per heavy atom. The summed E-state index contributed by atoms with van der Waals surface area (Å²) in [5, 5.41) is 2.94. The highest BCUT2D eigenvalue weighted by Crippen LogP contribution is 2.22. The van der Waals surface area contributed by atoms with Crippen LogP contribution in [0.4, 0.5) is 0 Å². The number of morpholine rings is 1. The van der Waals surface area contributed by atoms with Crippen LogP contribution in [0.1, 0.15) is 23.2 Å². The van der Waals surface area contributed by atoms with Crippen molar-refractivity contribution in [2.75, 3.05) is 19.8 Å². The molecule has 1 aromatic rings. The quantitative estimate of drug-likeness (QED) is 0.905. The number of carbonyl (C=O) groups excluding carboxylic acids is 2. The molecule has 2 amide bonds. The zero-order chi connectivity index (χ0) is 14.1. The van der Waals surface area contributed by atoms with Crippen molar-refractivity contribution in [2.45, 2.75) is 24.9 Å². The lowest BCUT2D eigenvalue weighted by Gasteiger charge is -2.34. The minimum absolute atomic E-state index is 0.0443. The number of rotatable bonds is 3. The van der Waals surface area contributed by atoms with Crippen molar-refractivity contribution in [2.24, 2.45) is 0 Å². The van der Waals surface area contributed by atoms with Crippen molar-refractivity contribution < 1.29 is 18.7 Å². The summed E-state index contributed by atoms with van der Waals surface area (Å²) in [5.74, 6) is -0.469. The molecule has 1 saturated carbocycles. The number of nitrogens with one attached hydrogen (secondary N) is 1. The fraction of sp³-hybridized carbons (Fsp3) is 0.538. The zero-order valence-electron chi connectivity index (χ0n) is 10.8. The first-order valence-electron chi connectivity index (χ1n) is 6.59. The van der Waals surface area contributed by atoms with Gasteiger partial charge >= 0.3 is 0 Å². The third-order valence-electron chi connectivity index (χ3n) is 3.46. The molecule has 1 aromatic heterocycles. The second kappa shape index (κ2) is 5.46. The standard InChI is InChI=1S/C13H15ClN2O4/c14-11-9(3-5-20-11)13(18)16-4-6-19-7-10(16)12(17)15-8-1-2-8/h3,5,8,10H,1-2,4,6-7H2,(H,15,17). The average Bonchev–Trinajstić information content (AvgIpc) is 3.17. The Morgan fingerprint density at radius 1 is 1.40 bits per heavy atom. The summed E-state index contributed by atoms with van der Waals surface area (Å²) in [6.07, 6.45) is 3.36. The topological polar surface area (TPSA) is 71.8 Å². The van der Waals surface area contributed by atoms with Crippen LogP contribution < -0.4 is 5.32 Å². The highest BCUT2D eigenvalue weighted by molar-refractivity contribution is 6.32. The maximum atomic E-state index is 12.4. The van der Waals surface area contributed by atoms with Gasteiger partial charge in [-0.2, -0.15) is 0 Å². The Morgan fingerprint density at radius 2 is 2.20 bits per heavy atom. The van der Waals surface area contributed by atoms with E-state index in [1.807, 2.05) is 0 Å². The smallest absolute Gasteiger partial charge is 0.259 e. The molecule has 20 heavy (non-hydrogen) atoms. The molecule has 1 aliphatic heterocycles. The van der Waals surface area contributed by atoms with Crippen LogP contribution in [0.25, 0.3) is 0 Å². The van der Waals surface area contributed by atoms with Crippen molar-refractivity contribution in [1.29, 1.82) is 0 Å². The largest absolute Gasteiger partial charge is 0.452 e. The molecule has 0 aromatic carbocycles. The van der Waals surface area contributed by atoms with Crippen LogP contribution in [0.2, 0.25) is 5.22 Å². The van der Waals surface area contributed by atoms with Gasteiger partial charge < -0.3 is 19.4 Å². The zero-order valence-corrected chi connectivity index (χ0v) is 11.6. The summed E-state index contributed by atoms with van der Waals surface area (Å²) >= 11 is 5.83. The maximum Gasteiger partial charge on any atom is 0.259 e. The molecular weight excluding hydrogens is 284 g/mol. The van der Waals surface area contributed by atoms with Gasteiger partial charge in [0.25, 0.3) is 5.91 Å². The molecule has 1 unspecified atom stereocenters. The Bertz CT molecular complexity index is 526. The van der Waals surface area contributed by atoms with Gasteiger partial charge in [-0.05, 0) is 30.5 Å². The molecule has 2 heterocycles. The predicted molar refractivity (Wildman–Crippen MR) is 70.5 cm³/mol. The molecule has 0 radical (unpaired) electrons. The normalized spacial score (nSPS) is 22.6. The van der Waals surface area contributed by atoms with E-state index in [0.29, 0.717) is 13.2 Å². The summed E-state index contributed by atoms with van der Waals surface area (Å²) in [6.45, 7) is 0.983. The Balaban J connectivity index is 1.75. The molecule has 3 rings (SSSR count). The van der Waals surface area contributed by atoms with Crippen LogP contribution in [0.5, 0.6) is 0 Å². The molecule has 0 spiro atoms. The summed E-state index contributed by atoms with van der Waals surface area (Å²) in [4.78, 5) is 26.1. The molecular formula is C13H15ClN2O4. The average molecular weight is 299 g/mol. The molecule has 1 saturated heterocycles. The van der Waals surface area contributed by atoms with Crippen LogP contribution in [0.3, 0.4) is 0 Å². The Kier molecular flexibility index (Phi) is 3.67. The van der Waals surface area contributed by atoms with Gasteiger partial charge in [-0.3, -0.25) is 9.59 Å². The van der Waals surface area contributed by atoms with E-state index in [-0.39, 0.29) is 35.2 Å². The van der Waals surface area contributed by atoms with E-state index in [1.54, 1.807) is 0 Å². The number of nitrogens with zero attached hydrogens (tertiary/aromatic N) is 1.